The van der Waals surface area contributed by atoms with Crippen molar-refractivity contribution in [2.24, 2.45) is 5.41 Å². The Morgan fingerprint density at radius 1 is 0.778 bits per heavy atom. The molecule has 45 heavy (non-hydrogen) atoms. The number of fused-ring (bicyclic) bond motifs is 2. The van der Waals surface area contributed by atoms with E-state index in [-0.39, 0.29) is 5.41 Å². The highest BCUT2D eigenvalue weighted by molar-refractivity contribution is 7.86. The van der Waals surface area contributed by atoms with E-state index in [1.54, 1.807) is 6.07 Å². The maximum absolute atomic E-state index is 11.9. The van der Waals surface area contributed by atoms with Crippen molar-refractivity contribution in [1.29, 1.82) is 0 Å². The Balaban J connectivity index is 0.000000260. The predicted octanol–water partition coefficient (Wildman–Crippen LogP) is 7.51. The first kappa shape index (κ1) is 37.0. The van der Waals surface area contributed by atoms with Crippen LogP contribution in [-0.2, 0) is 10.1 Å². The molecule has 0 radical (unpaired) electrons. The second kappa shape index (κ2) is 16.3. The highest BCUT2D eigenvalue weighted by Gasteiger charge is 2.37. The van der Waals surface area contributed by atoms with Gasteiger partial charge in [-0.05, 0) is 45.8 Å². The number of halogens is 5. The maximum Gasteiger partial charge on any atom is 0.485 e. The average Bonchev–Trinajstić information content (AvgIpc) is 3.38. The monoisotopic (exact) mass is 656 g/mol. The van der Waals surface area contributed by atoms with Gasteiger partial charge in [0.25, 0.3) is 0 Å². The van der Waals surface area contributed by atoms with Crippen molar-refractivity contribution >= 4 is 31.7 Å². The molecule has 1 heterocycles. The van der Waals surface area contributed by atoms with Crippen LogP contribution in [0.3, 0.4) is 0 Å². The minimum Gasteiger partial charge on any atom is -0.741 e. The summed E-state index contributed by atoms with van der Waals surface area (Å²) in [5, 5.41) is 8.60. The lowest BCUT2D eigenvalue weighted by atomic mass is 9.92. The number of nitrogens with zero attached hydrogens (tertiary/aromatic N) is 2. The summed E-state index contributed by atoms with van der Waals surface area (Å²) in [5.41, 5.74) is -1.05. The number of hydrazine groups is 2. The number of alkyl halides is 5. The summed E-state index contributed by atoms with van der Waals surface area (Å²) < 4.78 is 90.9. The Kier molecular flexibility index (Phi) is 13.4. The number of hydrogen-bond donors (Lipinski definition) is 1. The number of allylic oxidation sites excluding steroid dienone is 1. The quantitative estimate of drug-likeness (QED) is 0.134. The lowest BCUT2D eigenvalue weighted by Crippen LogP contribution is -2.41. The number of ether oxygens (including phenoxy) is 2. The summed E-state index contributed by atoms with van der Waals surface area (Å²) in [4.78, 5) is 0. The highest BCUT2D eigenvalue weighted by atomic mass is 32.2. The Hall–Kier alpha value is -4.14. The number of benzene rings is 4. The lowest BCUT2D eigenvalue weighted by Gasteiger charge is -2.27. The second-order valence-corrected chi connectivity index (χ2v) is 11.7. The molecule has 0 fully saturated rings. The Labute approximate surface area is 259 Å². The summed E-state index contributed by atoms with van der Waals surface area (Å²) in [6.07, 6.45) is 2.10. The Morgan fingerprint density at radius 3 is 1.58 bits per heavy atom. The molecule has 0 aromatic heterocycles. The van der Waals surface area contributed by atoms with Crippen LogP contribution in [-0.4, -0.2) is 56.3 Å². The molecule has 0 saturated carbocycles. The summed E-state index contributed by atoms with van der Waals surface area (Å²) >= 11 is 0. The molecule has 0 spiro atoms. The molecule has 8 nitrogen and oxygen atoms in total. The fraction of sp³-hybridized carbons (Fsp3) is 0.290. The van der Waals surface area contributed by atoms with Crippen molar-refractivity contribution in [3.63, 3.8) is 0 Å². The van der Waals surface area contributed by atoms with Crippen LogP contribution < -0.4 is 15.0 Å². The van der Waals surface area contributed by atoms with Gasteiger partial charge >= 0.3 is 5.51 Å². The molecule has 246 valence electrons. The molecule has 0 unspecified atom stereocenters. The zero-order chi connectivity index (χ0) is 33.8. The number of rotatable bonds is 5. The zero-order valence-electron chi connectivity index (χ0n) is 25.3. The molecule has 1 N–H and O–H groups in total. The van der Waals surface area contributed by atoms with E-state index in [4.69, 9.17) is 22.4 Å². The van der Waals surface area contributed by atoms with Crippen LogP contribution in [0.1, 0.15) is 20.8 Å². The molecule has 4 aromatic carbocycles. The Bertz CT molecular complexity index is 1660. The van der Waals surface area contributed by atoms with Crippen molar-refractivity contribution in [3.05, 3.63) is 96.8 Å². The van der Waals surface area contributed by atoms with E-state index in [0.29, 0.717) is 19.7 Å². The van der Waals surface area contributed by atoms with Gasteiger partial charge in [0.15, 0.2) is 16.8 Å². The molecule has 0 atom stereocenters. The standard InChI is InChI=1S/C18H23N3O.C11H9FO.CHF3O3S.CH3F/c1-18(2,3)17-12-21(19-20(17)4)13-22-16-10-9-14-7-5-6-8-15(14)11-16;12-8-13-11-6-5-9-3-1-2-4-10(9)7-11;2-1(3,4)8(5,6)7;1-2/h5-12,19H,13H2,1-4H3;1-7H,8H2;(H,5,6,7);1H3/p-1. The van der Waals surface area contributed by atoms with Crippen LogP contribution >= 0.6 is 0 Å². The normalized spacial score (nSPS) is 13.1. The first-order valence-corrected chi connectivity index (χ1v) is 14.7. The number of nitrogens with one attached hydrogen (secondary N) is 1. The van der Waals surface area contributed by atoms with Gasteiger partial charge in [-0.25, -0.2) is 12.8 Å². The fourth-order valence-corrected chi connectivity index (χ4v) is 3.99. The summed E-state index contributed by atoms with van der Waals surface area (Å²) in [7, 11) is -3.57. The SMILES string of the molecule is CF.CN1NN(COc2ccc3ccccc3c2)C=C1C(C)(C)C.FCOc1ccc2ccccc2c1.O=S(=O)([O-])C(F)(F)F. The summed E-state index contributed by atoms with van der Waals surface area (Å²) in [6.45, 7) is 6.28. The van der Waals surface area contributed by atoms with E-state index in [2.05, 4.69) is 56.8 Å². The minimum atomic E-state index is -6.09. The third kappa shape index (κ3) is 11.4. The first-order valence-electron chi connectivity index (χ1n) is 13.3. The zero-order valence-corrected chi connectivity index (χ0v) is 26.1. The van der Waals surface area contributed by atoms with Crippen LogP contribution in [0.15, 0.2) is 96.8 Å². The van der Waals surface area contributed by atoms with Crippen molar-refractivity contribution in [3.8, 4) is 11.5 Å². The smallest absolute Gasteiger partial charge is 0.485 e. The van der Waals surface area contributed by atoms with Gasteiger partial charge in [-0.2, -0.15) is 13.2 Å². The molecule has 0 amide bonds. The third-order valence-electron chi connectivity index (χ3n) is 6.00. The first-order chi connectivity index (χ1) is 21.1. The van der Waals surface area contributed by atoms with Crippen molar-refractivity contribution in [2.75, 3.05) is 27.8 Å². The van der Waals surface area contributed by atoms with E-state index in [9.17, 15) is 22.0 Å². The molecular weight excluding hydrogens is 621 g/mol. The van der Waals surface area contributed by atoms with Gasteiger partial charge in [0.2, 0.25) is 6.86 Å². The van der Waals surface area contributed by atoms with Crippen LogP contribution in [0, 0.1) is 5.41 Å². The minimum absolute atomic E-state index is 0.0967. The van der Waals surface area contributed by atoms with Gasteiger partial charge in [0.05, 0.1) is 12.9 Å². The van der Waals surface area contributed by atoms with Crippen LogP contribution in [0.2, 0.25) is 0 Å². The molecule has 1 aliphatic rings. The van der Waals surface area contributed by atoms with E-state index < -0.39 is 22.5 Å². The fourth-order valence-electron chi connectivity index (χ4n) is 3.99. The van der Waals surface area contributed by atoms with Crippen LogP contribution in [0.25, 0.3) is 21.5 Å². The van der Waals surface area contributed by atoms with Gasteiger partial charge in [-0.1, -0.05) is 81.4 Å². The predicted molar refractivity (Wildman–Crippen MR) is 163 cm³/mol. The molecule has 0 bridgehead atoms. The largest absolute Gasteiger partial charge is 0.741 e. The molecular formula is C31H35F5N3O5S-. The Morgan fingerprint density at radius 2 is 1.20 bits per heavy atom. The summed E-state index contributed by atoms with van der Waals surface area (Å²) in [6, 6.07) is 27.9. The second-order valence-electron chi connectivity index (χ2n) is 10.3. The highest BCUT2D eigenvalue weighted by Crippen LogP contribution is 2.30. The van der Waals surface area contributed by atoms with Gasteiger partial charge in [-0.3, -0.25) is 14.4 Å². The lowest BCUT2D eigenvalue weighted by molar-refractivity contribution is -0.0517. The summed E-state index contributed by atoms with van der Waals surface area (Å²) in [5.74, 6) is 1.45. The molecule has 5 rings (SSSR count). The average molecular weight is 657 g/mol. The van der Waals surface area contributed by atoms with Gasteiger partial charge in [0.1, 0.15) is 11.5 Å². The maximum atomic E-state index is 11.9. The van der Waals surface area contributed by atoms with Gasteiger partial charge < -0.3 is 14.0 Å². The van der Waals surface area contributed by atoms with E-state index in [1.165, 1.54) is 16.5 Å². The van der Waals surface area contributed by atoms with E-state index in [0.717, 1.165) is 16.5 Å². The third-order valence-corrected chi connectivity index (χ3v) is 6.57. The van der Waals surface area contributed by atoms with Crippen molar-refractivity contribution < 1.29 is 44.4 Å². The van der Waals surface area contributed by atoms with E-state index >= 15 is 0 Å². The molecule has 1 aliphatic heterocycles. The number of hydrogen-bond acceptors (Lipinski definition) is 8. The molecule has 0 saturated heterocycles. The van der Waals surface area contributed by atoms with Gasteiger partial charge in [0, 0.05) is 18.7 Å². The molecule has 0 aliphatic carbocycles. The van der Waals surface area contributed by atoms with E-state index in [1.807, 2.05) is 71.7 Å². The van der Waals surface area contributed by atoms with Crippen LogP contribution in [0.5, 0.6) is 11.5 Å². The topological polar surface area (TPSA) is 94.2 Å². The van der Waals surface area contributed by atoms with Crippen molar-refractivity contribution in [2.45, 2.75) is 26.3 Å². The molecule has 14 heteroatoms. The molecule has 4 aromatic rings. The van der Waals surface area contributed by atoms with Crippen LogP contribution in [0.4, 0.5) is 22.0 Å². The van der Waals surface area contributed by atoms with Crippen molar-refractivity contribution in [1.82, 2.24) is 15.6 Å². The van der Waals surface area contributed by atoms with Gasteiger partial charge in [-0.15, -0.1) is 5.53 Å².